The van der Waals surface area contributed by atoms with Gasteiger partial charge in [-0.1, -0.05) is 37.3 Å². The first kappa shape index (κ1) is 14.5. The van der Waals surface area contributed by atoms with Gasteiger partial charge < -0.3 is 5.11 Å². The van der Waals surface area contributed by atoms with Gasteiger partial charge in [-0.05, 0) is 12.0 Å². The first-order valence-corrected chi connectivity index (χ1v) is 7.25. The minimum atomic E-state index is -0.753. The predicted molar refractivity (Wildman–Crippen MR) is 83.5 cm³/mol. The van der Waals surface area contributed by atoms with E-state index in [1.165, 1.54) is 10.9 Å². The summed E-state index contributed by atoms with van der Waals surface area (Å²) in [6.45, 7) is 2.15. The standard InChI is InChI=1S/C16H18N4O2/c1-3-12-14-15(19(2)18-12)16(22)20(10-17-14)9-13(21)11-7-5-4-6-8-11/h4-8,10,13,21H,3,9H2,1-2H3. The summed E-state index contributed by atoms with van der Waals surface area (Å²) in [6, 6.07) is 9.27. The Balaban J connectivity index is 2.00. The van der Waals surface area contributed by atoms with Crippen LogP contribution in [0.5, 0.6) is 0 Å². The molecule has 6 heteroatoms. The van der Waals surface area contributed by atoms with Gasteiger partial charge in [-0.3, -0.25) is 14.0 Å². The van der Waals surface area contributed by atoms with E-state index >= 15 is 0 Å². The van der Waals surface area contributed by atoms with Gasteiger partial charge in [0, 0.05) is 7.05 Å². The third kappa shape index (κ3) is 2.42. The average Bonchev–Trinajstić information content (AvgIpc) is 2.87. The van der Waals surface area contributed by atoms with Crippen molar-refractivity contribution in [1.29, 1.82) is 0 Å². The second-order valence-electron chi connectivity index (χ2n) is 5.25. The van der Waals surface area contributed by atoms with Crippen LogP contribution in [0.1, 0.15) is 24.3 Å². The lowest BCUT2D eigenvalue weighted by atomic mass is 10.1. The molecule has 1 atom stereocenters. The number of aromatic nitrogens is 4. The molecule has 0 aliphatic rings. The summed E-state index contributed by atoms with van der Waals surface area (Å²) in [5.41, 5.74) is 2.51. The number of aliphatic hydroxyl groups is 1. The highest BCUT2D eigenvalue weighted by Crippen LogP contribution is 2.15. The Labute approximate surface area is 127 Å². The van der Waals surface area contributed by atoms with Crippen LogP contribution in [0.25, 0.3) is 11.0 Å². The molecule has 22 heavy (non-hydrogen) atoms. The molecule has 6 nitrogen and oxygen atoms in total. The third-order valence-electron chi connectivity index (χ3n) is 3.77. The summed E-state index contributed by atoms with van der Waals surface area (Å²) >= 11 is 0. The molecule has 0 aliphatic heterocycles. The van der Waals surface area contributed by atoms with Crippen LogP contribution in [-0.2, 0) is 20.0 Å². The van der Waals surface area contributed by atoms with Gasteiger partial charge in [-0.2, -0.15) is 5.10 Å². The van der Waals surface area contributed by atoms with Crippen molar-refractivity contribution in [3.05, 3.63) is 58.3 Å². The number of hydrogen-bond acceptors (Lipinski definition) is 4. The maximum Gasteiger partial charge on any atom is 0.279 e. The van der Waals surface area contributed by atoms with Crippen LogP contribution >= 0.6 is 0 Å². The minimum absolute atomic E-state index is 0.165. The number of benzene rings is 1. The summed E-state index contributed by atoms with van der Waals surface area (Å²) < 4.78 is 3.00. The summed E-state index contributed by atoms with van der Waals surface area (Å²) in [4.78, 5) is 16.9. The molecule has 0 spiro atoms. The number of nitrogens with zero attached hydrogens (tertiary/aromatic N) is 4. The third-order valence-corrected chi connectivity index (χ3v) is 3.77. The fraction of sp³-hybridized carbons (Fsp3) is 0.312. The summed E-state index contributed by atoms with van der Waals surface area (Å²) in [7, 11) is 1.74. The van der Waals surface area contributed by atoms with Crippen LogP contribution in [0.4, 0.5) is 0 Å². The maximum atomic E-state index is 12.6. The highest BCUT2D eigenvalue weighted by molar-refractivity contribution is 5.76. The lowest BCUT2D eigenvalue weighted by Gasteiger charge is -2.12. The van der Waals surface area contributed by atoms with Gasteiger partial charge in [-0.25, -0.2) is 4.98 Å². The lowest BCUT2D eigenvalue weighted by Crippen LogP contribution is -2.25. The zero-order chi connectivity index (χ0) is 15.7. The average molecular weight is 298 g/mol. The van der Waals surface area contributed by atoms with E-state index in [0.717, 1.165) is 17.7 Å². The smallest absolute Gasteiger partial charge is 0.279 e. The van der Waals surface area contributed by atoms with Crippen molar-refractivity contribution < 1.29 is 5.11 Å². The fourth-order valence-corrected chi connectivity index (χ4v) is 2.59. The molecule has 3 aromatic rings. The van der Waals surface area contributed by atoms with Crippen molar-refractivity contribution in [2.75, 3.05) is 0 Å². The van der Waals surface area contributed by atoms with E-state index in [2.05, 4.69) is 10.1 Å². The van der Waals surface area contributed by atoms with Crippen molar-refractivity contribution in [1.82, 2.24) is 19.3 Å². The SMILES string of the molecule is CCc1nn(C)c2c(=O)n(CC(O)c3ccccc3)cnc12. The first-order valence-electron chi connectivity index (χ1n) is 7.25. The van der Waals surface area contributed by atoms with Gasteiger partial charge in [0.2, 0.25) is 0 Å². The van der Waals surface area contributed by atoms with E-state index in [9.17, 15) is 9.90 Å². The first-order chi connectivity index (χ1) is 10.6. The van der Waals surface area contributed by atoms with Crippen LogP contribution < -0.4 is 5.56 Å². The van der Waals surface area contributed by atoms with E-state index in [4.69, 9.17) is 0 Å². The van der Waals surface area contributed by atoms with E-state index in [0.29, 0.717) is 11.0 Å². The molecule has 2 heterocycles. The second kappa shape index (κ2) is 5.73. The van der Waals surface area contributed by atoms with Gasteiger partial charge in [0.25, 0.3) is 5.56 Å². The molecular formula is C16H18N4O2. The van der Waals surface area contributed by atoms with Crippen molar-refractivity contribution in [3.8, 4) is 0 Å². The van der Waals surface area contributed by atoms with Gasteiger partial charge in [0.05, 0.1) is 24.7 Å². The molecule has 0 amide bonds. The molecular weight excluding hydrogens is 280 g/mol. The Morgan fingerprint density at radius 2 is 2.00 bits per heavy atom. The van der Waals surface area contributed by atoms with E-state index in [-0.39, 0.29) is 12.1 Å². The Morgan fingerprint density at radius 1 is 1.27 bits per heavy atom. The zero-order valence-electron chi connectivity index (χ0n) is 12.6. The largest absolute Gasteiger partial charge is 0.387 e. The highest BCUT2D eigenvalue weighted by atomic mass is 16.3. The molecule has 0 saturated carbocycles. The highest BCUT2D eigenvalue weighted by Gasteiger charge is 2.16. The van der Waals surface area contributed by atoms with Crippen LogP contribution in [0, 0.1) is 0 Å². The van der Waals surface area contributed by atoms with Crippen LogP contribution in [0.15, 0.2) is 41.5 Å². The van der Waals surface area contributed by atoms with Gasteiger partial charge in [0.15, 0.2) is 5.52 Å². The van der Waals surface area contributed by atoms with Gasteiger partial charge >= 0.3 is 0 Å². The van der Waals surface area contributed by atoms with Gasteiger partial charge in [-0.15, -0.1) is 0 Å². The number of hydrogen-bond donors (Lipinski definition) is 1. The number of fused-ring (bicyclic) bond motifs is 1. The molecule has 0 fully saturated rings. The quantitative estimate of drug-likeness (QED) is 0.791. The van der Waals surface area contributed by atoms with Gasteiger partial charge in [0.1, 0.15) is 5.52 Å². The van der Waals surface area contributed by atoms with Crippen molar-refractivity contribution in [2.45, 2.75) is 26.0 Å². The summed E-state index contributed by atoms with van der Waals surface area (Å²) in [6.07, 6.45) is 1.45. The fourth-order valence-electron chi connectivity index (χ4n) is 2.59. The number of aryl methyl sites for hydroxylation is 2. The summed E-state index contributed by atoms with van der Waals surface area (Å²) in [5.74, 6) is 0. The molecule has 0 radical (unpaired) electrons. The van der Waals surface area contributed by atoms with Crippen LogP contribution in [-0.4, -0.2) is 24.4 Å². The van der Waals surface area contributed by atoms with Crippen molar-refractivity contribution in [3.63, 3.8) is 0 Å². The topological polar surface area (TPSA) is 72.9 Å². The molecule has 0 saturated heterocycles. The molecule has 3 rings (SSSR count). The normalized spacial score (nSPS) is 12.7. The molecule has 0 aliphatic carbocycles. The molecule has 2 aromatic heterocycles. The Hall–Kier alpha value is -2.47. The summed E-state index contributed by atoms with van der Waals surface area (Å²) in [5, 5.41) is 14.6. The van der Waals surface area contributed by atoms with E-state index in [1.807, 2.05) is 37.3 Å². The maximum absolute atomic E-state index is 12.6. The second-order valence-corrected chi connectivity index (χ2v) is 5.25. The van der Waals surface area contributed by atoms with Crippen LogP contribution in [0.2, 0.25) is 0 Å². The van der Waals surface area contributed by atoms with Crippen molar-refractivity contribution in [2.24, 2.45) is 7.05 Å². The zero-order valence-corrected chi connectivity index (χ0v) is 12.6. The molecule has 1 N–H and O–H groups in total. The number of rotatable bonds is 4. The Morgan fingerprint density at radius 3 is 2.68 bits per heavy atom. The van der Waals surface area contributed by atoms with E-state index < -0.39 is 6.10 Å². The van der Waals surface area contributed by atoms with Crippen LogP contribution in [0.3, 0.4) is 0 Å². The van der Waals surface area contributed by atoms with E-state index in [1.54, 1.807) is 11.7 Å². The van der Waals surface area contributed by atoms with Crippen molar-refractivity contribution >= 4 is 11.0 Å². The molecule has 1 unspecified atom stereocenters. The monoisotopic (exact) mass is 298 g/mol. The predicted octanol–water partition coefficient (Wildman–Crippen LogP) is 1.43. The minimum Gasteiger partial charge on any atom is -0.387 e. The molecule has 1 aromatic carbocycles. The Bertz CT molecular complexity index is 852. The number of aliphatic hydroxyl groups excluding tert-OH is 1. The molecule has 0 bridgehead atoms. The Kier molecular flexibility index (Phi) is 3.77. The lowest BCUT2D eigenvalue weighted by molar-refractivity contribution is 0.155. The molecule has 114 valence electrons.